The summed E-state index contributed by atoms with van der Waals surface area (Å²) in [5, 5.41) is 6.07. The summed E-state index contributed by atoms with van der Waals surface area (Å²) in [6.07, 6.45) is 1.47. The molecule has 0 atom stereocenters. The van der Waals surface area contributed by atoms with Gasteiger partial charge in [0.25, 0.3) is 5.91 Å². The van der Waals surface area contributed by atoms with E-state index in [2.05, 4.69) is 15.4 Å². The minimum Gasteiger partial charge on any atom is -0.321 e. The van der Waals surface area contributed by atoms with Crippen LogP contribution in [-0.4, -0.2) is 33.5 Å². The summed E-state index contributed by atoms with van der Waals surface area (Å²) < 4.78 is 43.2. The molecule has 3 N–H and O–H groups in total. The maximum absolute atomic E-state index is 13.8. The molecule has 2 aliphatic rings. The zero-order chi connectivity index (χ0) is 21.5. The van der Waals surface area contributed by atoms with Crippen molar-refractivity contribution in [3.8, 4) is 0 Å². The monoisotopic (exact) mass is 449 g/mol. The summed E-state index contributed by atoms with van der Waals surface area (Å²) in [6.45, 7) is 5.39. The van der Waals surface area contributed by atoms with Gasteiger partial charge >= 0.3 is 0 Å². The average Bonchev–Trinajstić information content (AvgIpc) is 2.82. The van der Waals surface area contributed by atoms with Crippen LogP contribution in [0.1, 0.15) is 48.5 Å². The molecule has 0 aliphatic carbocycles. The number of carbonyl (C=O) groups excluding carboxylic acids is 1. The Morgan fingerprint density at radius 2 is 1.87 bits per heavy atom. The van der Waals surface area contributed by atoms with Crippen LogP contribution in [0.3, 0.4) is 0 Å². The predicted molar refractivity (Wildman–Crippen MR) is 115 cm³/mol. The summed E-state index contributed by atoms with van der Waals surface area (Å²) in [5.74, 6) is -0.856. The number of piperidine rings is 1. The first kappa shape index (κ1) is 21.3. The fourth-order valence-corrected chi connectivity index (χ4v) is 6.57. The molecular weight excluding hydrogens is 425 g/mol. The van der Waals surface area contributed by atoms with Crippen molar-refractivity contribution in [1.82, 2.24) is 10.0 Å². The standard InChI is InChI=1S/C21H24FN3O3S2/c1-12(2)16-10-17-19(29-18-9-13(22)3-4-15(18)21(26)24-17)11-20(16)30(27,28)25-14-5-7-23-8-6-14/h3-4,9-12,14,23,25H,5-8H2,1-2H3,(H,24,26). The summed E-state index contributed by atoms with van der Waals surface area (Å²) >= 11 is 1.19. The third-order valence-electron chi connectivity index (χ3n) is 5.34. The number of amides is 1. The van der Waals surface area contributed by atoms with E-state index in [9.17, 15) is 17.6 Å². The molecule has 1 saturated heterocycles. The Bertz CT molecular complexity index is 1100. The van der Waals surface area contributed by atoms with Gasteiger partial charge in [-0.25, -0.2) is 17.5 Å². The van der Waals surface area contributed by atoms with Crippen LogP contribution in [-0.2, 0) is 10.0 Å². The molecule has 1 fully saturated rings. The van der Waals surface area contributed by atoms with Crippen molar-refractivity contribution < 1.29 is 17.6 Å². The number of sulfonamides is 1. The van der Waals surface area contributed by atoms with Crippen LogP contribution in [0.5, 0.6) is 0 Å². The van der Waals surface area contributed by atoms with Gasteiger partial charge in [0.15, 0.2) is 0 Å². The minimum atomic E-state index is -3.76. The highest BCUT2D eigenvalue weighted by atomic mass is 32.2. The minimum absolute atomic E-state index is 0.0696. The van der Waals surface area contributed by atoms with E-state index in [1.54, 1.807) is 12.1 Å². The fourth-order valence-electron chi connectivity index (χ4n) is 3.74. The Morgan fingerprint density at radius 3 is 2.57 bits per heavy atom. The number of hydrogen-bond acceptors (Lipinski definition) is 5. The maximum Gasteiger partial charge on any atom is 0.256 e. The van der Waals surface area contributed by atoms with Gasteiger partial charge in [-0.15, -0.1) is 0 Å². The maximum atomic E-state index is 13.8. The van der Waals surface area contributed by atoms with Crippen molar-refractivity contribution in [1.29, 1.82) is 0 Å². The molecule has 2 aromatic rings. The van der Waals surface area contributed by atoms with Gasteiger partial charge in [0.2, 0.25) is 10.0 Å². The summed E-state index contributed by atoms with van der Waals surface area (Å²) in [5.41, 5.74) is 1.53. The molecule has 9 heteroatoms. The highest BCUT2D eigenvalue weighted by Crippen LogP contribution is 2.42. The number of anilines is 1. The average molecular weight is 450 g/mol. The summed E-state index contributed by atoms with van der Waals surface area (Å²) in [6, 6.07) is 7.19. The molecule has 0 radical (unpaired) electrons. The van der Waals surface area contributed by atoms with Crippen LogP contribution in [0, 0.1) is 5.82 Å². The zero-order valence-corrected chi connectivity index (χ0v) is 18.4. The topological polar surface area (TPSA) is 87.3 Å². The van der Waals surface area contributed by atoms with Crippen molar-refractivity contribution in [3.05, 3.63) is 47.3 Å². The largest absolute Gasteiger partial charge is 0.321 e. The molecule has 2 aromatic carbocycles. The molecule has 160 valence electrons. The smallest absolute Gasteiger partial charge is 0.256 e. The predicted octanol–water partition coefficient (Wildman–Crippen LogP) is 3.70. The first-order chi connectivity index (χ1) is 14.2. The van der Waals surface area contributed by atoms with Crippen LogP contribution in [0.2, 0.25) is 0 Å². The first-order valence-corrected chi connectivity index (χ1v) is 12.2. The van der Waals surface area contributed by atoms with E-state index in [0.717, 1.165) is 25.9 Å². The Labute approximate surface area is 180 Å². The molecule has 0 aromatic heterocycles. The van der Waals surface area contributed by atoms with Gasteiger partial charge < -0.3 is 10.6 Å². The molecule has 4 rings (SSSR count). The van der Waals surface area contributed by atoms with Crippen molar-refractivity contribution >= 4 is 33.4 Å². The number of halogens is 1. The third kappa shape index (κ3) is 4.25. The number of fused-ring (bicyclic) bond motifs is 2. The molecule has 2 aliphatic heterocycles. The summed E-state index contributed by atoms with van der Waals surface area (Å²) in [7, 11) is -3.76. The number of benzene rings is 2. The fraction of sp³-hybridized carbons (Fsp3) is 0.381. The zero-order valence-electron chi connectivity index (χ0n) is 16.8. The van der Waals surface area contributed by atoms with Gasteiger partial charge in [-0.1, -0.05) is 25.6 Å². The van der Waals surface area contributed by atoms with E-state index in [4.69, 9.17) is 0 Å². The lowest BCUT2D eigenvalue weighted by atomic mass is 10.0. The van der Waals surface area contributed by atoms with Gasteiger partial charge in [0.1, 0.15) is 5.82 Å². The van der Waals surface area contributed by atoms with Crippen LogP contribution >= 0.6 is 11.8 Å². The Kier molecular flexibility index (Phi) is 5.89. The normalized spacial score (nSPS) is 17.3. The summed E-state index contributed by atoms with van der Waals surface area (Å²) in [4.78, 5) is 13.9. The van der Waals surface area contributed by atoms with Crippen LogP contribution in [0.4, 0.5) is 10.1 Å². The van der Waals surface area contributed by atoms with E-state index in [1.807, 2.05) is 13.8 Å². The highest BCUT2D eigenvalue weighted by molar-refractivity contribution is 7.99. The van der Waals surface area contributed by atoms with Gasteiger partial charge in [0.05, 0.1) is 16.1 Å². The van der Waals surface area contributed by atoms with E-state index >= 15 is 0 Å². The second-order valence-electron chi connectivity index (χ2n) is 7.88. The number of hydrogen-bond donors (Lipinski definition) is 3. The molecule has 6 nitrogen and oxygen atoms in total. The molecule has 0 saturated carbocycles. The molecule has 0 unspecified atom stereocenters. The molecule has 0 spiro atoms. The van der Waals surface area contributed by atoms with Crippen LogP contribution in [0.15, 0.2) is 45.0 Å². The van der Waals surface area contributed by atoms with Gasteiger partial charge in [-0.2, -0.15) is 0 Å². The SMILES string of the molecule is CC(C)c1cc2c(cc1S(=O)(=O)NC1CCNCC1)Sc1cc(F)ccc1C(=O)N2. The highest BCUT2D eigenvalue weighted by Gasteiger charge is 2.29. The molecule has 30 heavy (non-hydrogen) atoms. The van der Waals surface area contributed by atoms with Crippen LogP contribution in [0.25, 0.3) is 0 Å². The molecule has 0 bridgehead atoms. The lowest BCUT2D eigenvalue weighted by Gasteiger charge is -2.25. The third-order valence-corrected chi connectivity index (χ3v) is 8.03. The number of carbonyl (C=O) groups is 1. The van der Waals surface area contributed by atoms with Gasteiger partial charge in [0, 0.05) is 15.8 Å². The van der Waals surface area contributed by atoms with Crippen molar-refractivity contribution in [2.45, 2.75) is 53.3 Å². The van der Waals surface area contributed by atoms with Crippen molar-refractivity contribution in [2.24, 2.45) is 0 Å². The van der Waals surface area contributed by atoms with Crippen molar-refractivity contribution in [2.75, 3.05) is 18.4 Å². The van der Waals surface area contributed by atoms with E-state index < -0.39 is 15.8 Å². The van der Waals surface area contributed by atoms with Gasteiger partial charge in [-0.05, 0) is 67.7 Å². The molecule has 1 amide bonds. The lowest BCUT2D eigenvalue weighted by Crippen LogP contribution is -2.42. The second-order valence-corrected chi connectivity index (χ2v) is 10.6. The van der Waals surface area contributed by atoms with E-state index in [1.165, 1.54) is 30.0 Å². The Hall–Kier alpha value is -1.94. The lowest BCUT2D eigenvalue weighted by molar-refractivity contribution is 0.102. The Morgan fingerprint density at radius 1 is 1.13 bits per heavy atom. The van der Waals surface area contributed by atoms with E-state index in [0.29, 0.717) is 26.6 Å². The molecular formula is C21H24FN3O3S2. The number of nitrogens with one attached hydrogen (secondary N) is 3. The second kappa shape index (κ2) is 8.30. The Balaban J connectivity index is 1.78. The van der Waals surface area contributed by atoms with Crippen LogP contribution < -0.4 is 15.4 Å². The molecule has 2 heterocycles. The van der Waals surface area contributed by atoms with Gasteiger partial charge in [-0.3, -0.25) is 4.79 Å². The van der Waals surface area contributed by atoms with E-state index in [-0.39, 0.29) is 22.8 Å². The first-order valence-electron chi connectivity index (χ1n) is 9.94. The quantitative estimate of drug-likeness (QED) is 0.663. The number of rotatable bonds is 4. The van der Waals surface area contributed by atoms with Crippen molar-refractivity contribution in [3.63, 3.8) is 0 Å².